The van der Waals surface area contributed by atoms with Crippen LogP contribution in [-0.4, -0.2) is 19.9 Å². The maximum atomic E-state index is 14.9. The maximum absolute atomic E-state index is 14.9. The largest absolute Gasteiger partial charge is 0.308 e. The number of fused-ring (bicyclic) bond motifs is 2. The minimum absolute atomic E-state index is 0.216. The first-order valence-corrected chi connectivity index (χ1v) is 12.3. The van der Waals surface area contributed by atoms with Gasteiger partial charge in [-0.3, -0.25) is 0 Å². The molecule has 0 saturated heterocycles. The molecule has 0 radical (unpaired) electrons. The van der Waals surface area contributed by atoms with Crippen LogP contribution in [0.5, 0.6) is 0 Å². The van der Waals surface area contributed by atoms with Crippen molar-refractivity contribution in [3.8, 4) is 0 Å². The van der Waals surface area contributed by atoms with E-state index in [4.69, 9.17) is 0 Å². The molecule has 0 saturated carbocycles. The number of hydrogen-bond acceptors (Lipinski definition) is 5. The van der Waals surface area contributed by atoms with E-state index >= 15 is 0 Å². The van der Waals surface area contributed by atoms with Gasteiger partial charge in [-0.2, -0.15) is 0 Å². The van der Waals surface area contributed by atoms with Gasteiger partial charge in [-0.15, -0.1) is 0 Å². The zero-order chi connectivity index (χ0) is 25.2. The van der Waals surface area contributed by atoms with Crippen molar-refractivity contribution < 1.29 is 4.39 Å². The highest BCUT2D eigenvalue weighted by Crippen LogP contribution is 2.46. The van der Waals surface area contributed by atoms with E-state index in [-0.39, 0.29) is 5.82 Å². The average Bonchev–Trinajstić information content (AvgIpc) is 2.98. The van der Waals surface area contributed by atoms with Gasteiger partial charge in [0.1, 0.15) is 5.82 Å². The Morgan fingerprint density at radius 1 is 0.447 bits per heavy atom. The minimum Gasteiger partial charge on any atom is -0.308 e. The molecule has 0 aliphatic heterocycles. The second-order valence-corrected chi connectivity index (χ2v) is 9.30. The molecule has 0 amide bonds. The molecule has 178 valence electrons. The molecule has 0 aliphatic carbocycles. The molecule has 6 heteroatoms. The van der Waals surface area contributed by atoms with E-state index < -0.39 is 0 Å². The Morgan fingerprint density at radius 2 is 0.947 bits per heavy atom. The first-order valence-electron chi connectivity index (χ1n) is 12.3. The second kappa shape index (κ2) is 7.88. The Kier molecular flexibility index (Phi) is 4.34. The first kappa shape index (κ1) is 20.9. The Bertz CT molecular complexity index is 2080. The molecule has 4 heterocycles. The summed E-state index contributed by atoms with van der Waals surface area (Å²) in [5.74, 6) is -0.216. The SMILES string of the molecule is Fc1ccc2ccc3c(N(c4ccnc5ncccc45)c4ccnc5ncccc45)ccc4ccc1c2c43. The monoisotopic (exact) mass is 491 g/mol. The van der Waals surface area contributed by atoms with Crippen LogP contribution in [0.3, 0.4) is 0 Å². The van der Waals surface area contributed by atoms with Gasteiger partial charge in [-0.25, -0.2) is 24.3 Å². The summed E-state index contributed by atoms with van der Waals surface area (Å²) in [6.07, 6.45) is 7.06. The third-order valence-corrected chi connectivity index (χ3v) is 7.29. The first-order chi connectivity index (χ1) is 18.8. The summed E-state index contributed by atoms with van der Waals surface area (Å²) < 4.78 is 14.9. The fraction of sp³-hybridized carbons (Fsp3) is 0. The third-order valence-electron chi connectivity index (χ3n) is 7.29. The van der Waals surface area contributed by atoms with Crippen LogP contribution >= 0.6 is 0 Å². The van der Waals surface area contributed by atoms with E-state index in [1.54, 1.807) is 30.9 Å². The summed E-state index contributed by atoms with van der Waals surface area (Å²) in [5.41, 5.74) is 4.14. The van der Waals surface area contributed by atoms with E-state index in [1.807, 2.05) is 54.6 Å². The lowest BCUT2D eigenvalue weighted by atomic mass is 9.92. The van der Waals surface area contributed by atoms with Gasteiger partial charge in [0.05, 0.1) is 17.1 Å². The molecule has 4 aromatic heterocycles. The van der Waals surface area contributed by atoms with E-state index in [0.717, 1.165) is 54.8 Å². The van der Waals surface area contributed by atoms with Crippen molar-refractivity contribution in [2.75, 3.05) is 4.90 Å². The van der Waals surface area contributed by atoms with Crippen LogP contribution in [0, 0.1) is 5.82 Å². The number of pyridine rings is 4. The molecule has 0 aliphatic rings. The topological polar surface area (TPSA) is 54.8 Å². The van der Waals surface area contributed by atoms with E-state index in [0.29, 0.717) is 16.7 Å². The van der Waals surface area contributed by atoms with Gasteiger partial charge in [-0.05, 0) is 64.7 Å². The molecule has 0 unspecified atom stereocenters. The fourth-order valence-electron chi connectivity index (χ4n) is 5.66. The van der Waals surface area contributed by atoms with E-state index in [2.05, 4.69) is 49.1 Å². The van der Waals surface area contributed by atoms with Crippen LogP contribution in [0.1, 0.15) is 0 Å². The lowest BCUT2D eigenvalue weighted by molar-refractivity contribution is 0.640. The van der Waals surface area contributed by atoms with E-state index in [9.17, 15) is 4.39 Å². The lowest BCUT2D eigenvalue weighted by Gasteiger charge is -2.29. The fourth-order valence-corrected chi connectivity index (χ4v) is 5.66. The Balaban J connectivity index is 1.54. The molecular formula is C32H18FN5. The van der Waals surface area contributed by atoms with Gasteiger partial charge in [0, 0.05) is 51.7 Å². The Hall–Kier alpha value is -5.23. The smallest absolute Gasteiger partial charge is 0.161 e. The molecule has 0 fully saturated rings. The predicted molar refractivity (Wildman–Crippen MR) is 151 cm³/mol. The van der Waals surface area contributed by atoms with Gasteiger partial charge in [-0.1, -0.05) is 36.4 Å². The number of aromatic nitrogens is 4. The summed E-state index contributed by atoms with van der Waals surface area (Å²) in [6.45, 7) is 0. The van der Waals surface area contributed by atoms with Crippen LogP contribution < -0.4 is 4.90 Å². The Morgan fingerprint density at radius 3 is 1.61 bits per heavy atom. The highest BCUT2D eigenvalue weighted by Gasteiger charge is 2.22. The van der Waals surface area contributed by atoms with Crippen LogP contribution in [0.15, 0.2) is 110 Å². The second-order valence-electron chi connectivity index (χ2n) is 9.30. The standard InChI is InChI=1S/C32H18FN5/c33-25-11-7-19-6-10-22-26(12-8-20-5-9-21(25)29(19)30(20)22)38(27-13-17-36-31-23(27)3-1-15-34-31)28-14-18-37-32-24(28)4-2-16-35-32/h1-18H. The zero-order valence-corrected chi connectivity index (χ0v) is 20.0. The van der Waals surface area contributed by atoms with Crippen LogP contribution in [0.2, 0.25) is 0 Å². The summed E-state index contributed by atoms with van der Waals surface area (Å²) in [5, 5.41) is 7.53. The number of halogens is 1. The zero-order valence-electron chi connectivity index (χ0n) is 20.0. The number of rotatable bonds is 3. The molecule has 0 N–H and O–H groups in total. The van der Waals surface area contributed by atoms with Crippen LogP contribution in [-0.2, 0) is 0 Å². The lowest BCUT2D eigenvalue weighted by Crippen LogP contribution is -2.12. The van der Waals surface area contributed by atoms with Crippen molar-refractivity contribution in [3.05, 3.63) is 116 Å². The molecule has 4 aromatic carbocycles. The van der Waals surface area contributed by atoms with Gasteiger partial charge < -0.3 is 4.90 Å². The highest BCUT2D eigenvalue weighted by molar-refractivity contribution is 6.26. The normalized spacial score (nSPS) is 11.8. The quantitative estimate of drug-likeness (QED) is 0.234. The molecule has 5 nitrogen and oxygen atoms in total. The maximum Gasteiger partial charge on any atom is 0.161 e. The molecular weight excluding hydrogens is 473 g/mol. The number of benzene rings is 4. The average molecular weight is 492 g/mol. The molecule has 0 spiro atoms. The molecule has 38 heavy (non-hydrogen) atoms. The van der Waals surface area contributed by atoms with Crippen molar-refractivity contribution in [1.82, 2.24) is 19.9 Å². The molecule has 8 rings (SSSR count). The minimum atomic E-state index is -0.216. The van der Waals surface area contributed by atoms with Crippen molar-refractivity contribution >= 4 is 71.4 Å². The summed E-state index contributed by atoms with van der Waals surface area (Å²) in [7, 11) is 0. The molecule has 0 atom stereocenters. The molecule has 8 aromatic rings. The predicted octanol–water partition coefficient (Wildman–Crippen LogP) is 8.08. The summed E-state index contributed by atoms with van der Waals surface area (Å²) >= 11 is 0. The van der Waals surface area contributed by atoms with Gasteiger partial charge in [0.15, 0.2) is 11.3 Å². The number of anilines is 3. The van der Waals surface area contributed by atoms with E-state index in [1.165, 1.54) is 0 Å². The Labute approximate surface area is 216 Å². The van der Waals surface area contributed by atoms with Crippen molar-refractivity contribution in [3.63, 3.8) is 0 Å². The molecule has 0 bridgehead atoms. The van der Waals surface area contributed by atoms with Gasteiger partial charge in [0.2, 0.25) is 0 Å². The van der Waals surface area contributed by atoms with Crippen molar-refractivity contribution in [2.45, 2.75) is 0 Å². The summed E-state index contributed by atoms with van der Waals surface area (Å²) in [4.78, 5) is 20.3. The highest BCUT2D eigenvalue weighted by atomic mass is 19.1. The number of nitrogens with zero attached hydrogens (tertiary/aromatic N) is 5. The van der Waals surface area contributed by atoms with Gasteiger partial charge in [0.25, 0.3) is 0 Å². The van der Waals surface area contributed by atoms with Crippen LogP contribution in [0.4, 0.5) is 21.5 Å². The van der Waals surface area contributed by atoms with Gasteiger partial charge >= 0.3 is 0 Å². The van der Waals surface area contributed by atoms with Crippen LogP contribution in [0.25, 0.3) is 54.4 Å². The number of hydrogen-bond donors (Lipinski definition) is 0. The third kappa shape index (κ3) is 2.91. The van der Waals surface area contributed by atoms with Crippen molar-refractivity contribution in [2.24, 2.45) is 0 Å². The van der Waals surface area contributed by atoms with Crippen molar-refractivity contribution in [1.29, 1.82) is 0 Å². The summed E-state index contributed by atoms with van der Waals surface area (Å²) in [6, 6.07) is 27.6.